The molecule has 1 aliphatic heterocycles. The molecule has 1 amide bonds. The number of carbonyl (C=O) groups is 1. The lowest BCUT2D eigenvalue weighted by molar-refractivity contribution is -0.130. The Hall–Kier alpha value is -2.55. The topological polar surface area (TPSA) is 29.5 Å². The van der Waals surface area contributed by atoms with Crippen LogP contribution in [0.25, 0.3) is 5.57 Å². The van der Waals surface area contributed by atoms with Crippen LogP contribution in [0.5, 0.6) is 5.75 Å². The molecule has 0 saturated carbocycles. The van der Waals surface area contributed by atoms with Crippen LogP contribution in [0.3, 0.4) is 0 Å². The molecular weight excluding hydrogens is 298 g/mol. The predicted octanol–water partition coefficient (Wildman–Crippen LogP) is 3.94. The molecule has 0 atom stereocenters. The Labute approximate surface area is 143 Å². The van der Waals surface area contributed by atoms with Gasteiger partial charge < -0.3 is 9.64 Å². The van der Waals surface area contributed by atoms with E-state index >= 15 is 0 Å². The van der Waals surface area contributed by atoms with Gasteiger partial charge in [0.15, 0.2) is 0 Å². The van der Waals surface area contributed by atoms with Crippen LogP contribution >= 0.6 is 0 Å². The normalized spacial score (nSPS) is 14.2. The molecule has 2 aromatic carbocycles. The van der Waals surface area contributed by atoms with Crippen LogP contribution < -0.4 is 4.74 Å². The van der Waals surface area contributed by atoms with E-state index in [2.05, 4.69) is 30.3 Å². The largest absolute Gasteiger partial charge is 0.494 e. The zero-order valence-corrected chi connectivity index (χ0v) is 14.1. The quantitative estimate of drug-likeness (QED) is 0.835. The molecule has 0 aromatic heterocycles. The summed E-state index contributed by atoms with van der Waals surface area (Å²) in [4.78, 5) is 14.4. The van der Waals surface area contributed by atoms with E-state index in [4.69, 9.17) is 4.74 Å². The van der Waals surface area contributed by atoms with E-state index in [9.17, 15) is 4.79 Å². The maximum absolute atomic E-state index is 12.5. The van der Waals surface area contributed by atoms with Gasteiger partial charge in [-0.3, -0.25) is 4.79 Å². The fourth-order valence-electron chi connectivity index (χ4n) is 2.97. The van der Waals surface area contributed by atoms with Crippen molar-refractivity contribution in [2.24, 2.45) is 0 Å². The second-order valence-corrected chi connectivity index (χ2v) is 5.94. The molecule has 0 radical (unpaired) electrons. The molecule has 0 N–H and O–H groups in total. The second-order valence-electron chi connectivity index (χ2n) is 5.94. The predicted molar refractivity (Wildman–Crippen MR) is 96.9 cm³/mol. The van der Waals surface area contributed by atoms with Crippen molar-refractivity contribution in [3.63, 3.8) is 0 Å². The van der Waals surface area contributed by atoms with E-state index in [1.165, 1.54) is 11.1 Å². The molecule has 24 heavy (non-hydrogen) atoms. The van der Waals surface area contributed by atoms with Gasteiger partial charge in [0.1, 0.15) is 5.75 Å². The molecule has 3 rings (SSSR count). The highest BCUT2D eigenvalue weighted by Gasteiger charge is 2.18. The van der Waals surface area contributed by atoms with Gasteiger partial charge in [0, 0.05) is 13.1 Å². The van der Waals surface area contributed by atoms with Crippen molar-refractivity contribution < 1.29 is 9.53 Å². The maximum atomic E-state index is 12.5. The molecule has 0 saturated heterocycles. The molecule has 124 valence electrons. The van der Waals surface area contributed by atoms with Gasteiger partial charge in [-0.1, -0.05) is 48.5 Å². The van der Waals surface area contributed by atoms with Crippen LogP contribution in [0, 0.1) is 0 Å². The molecule has 0 fully saturated rings. The number of nitrogens with zero attached hydrogens (tertiary/aromatic N) is 1. The van der Waals surface area contributed by atoms with Crippen LogP contribution in [0.4, 0.5) is 0 Å². The zero-order chi connectivity index (χ0) is 16.8. The first-order chi connectivity index (χ1) is 11.8. The number of amides is 1. The van der Waals surface area contributed by atoms with E-state index in [1.807, 2.05) is 42.2 Å². The Kier molecular flexibility index (Phi) is 5.32. The minimum absolute atomic E-state index is 0.183. The first-order valence-corrected chi connectivity index (χ1v) is 8.50. The molecule has 0 bridgehead atoms. The first kappa shape index (κ1) is 16.3. The summed E-state index contributed by atoms with van der Waals surface area (Å²) in [5.41, 5.74) is 3.62. The molecule has 2 aromatic rings. The Morgan fingerprint density at radius 1 is 1.08 bits per heavy atom. The summed E-state index contributed by atoms with van der Waals surface area (Å²) in [6.45, 7) is 4.10. The third-order valence-corrected chi connectivity index (χ3v) is 4.30. The summed E-state index contributed by atoms with van der Waals surface area (Å²) in [5.74, 6) is 1.03. The van der Waals surface area contributed by atoms with Gasteiger partial charge in [-0.25, -0.2) is 0 Å². The summed E-state index contributed by atoms with van der Waals surface area (Å²) in [7, 11) is 0. The highest BCUT2D eigenvalue weighted by Crippen LogP contribution is 2.22. The van der Waals surface area contributed by atoms with E-state index in [-0.39, 0.29) is 5.91 Å². The van der Waals surface area contributed by atoms with Gasteiger partial charge in [0.2, 0.25) is 5.91 Å². The summed E-state index contributed by atoms with van der Waals surface area (Å²) in [6.07, 6.45) is 3.54. The SMILES string of the molecule is CCOc1ccc(CC(=O)N2CC=C(c3ccccc3)CC2)cc1. The summed E-state index contributed by atoms with van der Waals surface area (Å²) >= 11 is 0. The molecule has 0 spiro atoms. The number of rotatable bonds is 5. The van der Waals surface area contributed by atoms with E-state index in [1.54, 1.807) is 0 Å². The lowest BCUT2D eigenvalue weighted by atomic mass is 9.99. The summed E-state index contributed by atoms with van der Waals surface area (Å²) in [6, 6.07) is 18.2. The van der Waals surface area contributed by atoms with Crippen molar-refractivity contribution in [3.8, 4) is 5.75 Å². The maximum Gasteiger partial charge on any atom is 0.227 e. The summed E-state index contributed by atoms with van der Waals surface area (Å²) in [5, 5.41) is 0. The molecule has 3 nitrogen and oxygen atoms in total. The minimum Gasteiger partial charge on any atom is -0.494 e. The fourth-order valence-corrected chi connectivity index (χ4v) is 2.97. The smallest absolute Gasteiger partial charge is 0.227 e. The number of hydrogen-bond donors (Lipinski definition) is 0. The molecule has 1 aliphatic rings. The Balaban J connectivity index is 1.58. The van der Waals surface area contributed by atoms with Crippen molar-refractivity contribution >= 4 is 11.5 Å². The Bertz CT molecular complexity index is 704. The van der Waals surface area contributed by atoms with Crippen LogP contribution in [-0.2, 0) is 11.2 Å². The van der Waals surface area contributed by atoms with E-state index in [0.29, 0.717) is 19.6 Å². The standard InChI is InChI=1S/C21H23NO2/c1-2-24-20-10-8-17(9-11-20)16-21(23)22-14-12-19(13-15-22)18-6-4-3-5-7-18/h3-12H,2,13-16H2,1H3. The highest BCUT2D eigenvalue weighted by molar-refractivity contribution is 5.80. The van der Waals surface area contributed by atoms with Gasteiger partial charge in [-0.05, 0) is 42.2 Å². The first-order valence-electron chi connectivity index (χ1n) is 8.50. The second kappa shape index (κ2) is 7.82. The van der Waals surface area contributed by atoms with Gasteiger partial charge in [-0.2, -0.15) is 0 Å². The lowest BCUT2D eigenvalue weighted by Gasteiger charge is -2.27. The third kappa shape index (κ3) is 4.05. The highest BCUT2D eigenvalue weighted by atomic mass is 16.5. The molecule has 0 aliphatic carbocycles. The van der Waals surface area contributed by atoms with Crippen LogP contribution in [0.2, 0.25) is 0 Å². The van der Waals surface area contributed by atoms with Crippen LogP contribution in [0.15, 0.2) is 60.7 Å². The zero-order valence-electron chi connectivity index (χ0n) is 14.1. The van der Waals surface area contributed by atoms with Crippen LogP contribution in [0.1, 0.15) is 24.5 Å². The minimum atomic E-state index is 0.183. The molecule has 1 heterocycles. The van der Waals surface area contributed by atoms with Crippen molar-refractivity contribution in [3.05, 3.63) is 71.8 Å². The fraction of sp³-hybridized carbons (Fsp3) is 0.286. The number of ether oxygens (including phenoxy) is 1. The summed E-state index contributed by atoms with van der Waals surface area (Å²) < 4.78 is 5.43. The Morgan fingerprint density at radius 2 is 1.83 bits per heavy atom. The van der Waals surface area contributed by atoms with Crippen molar-refractivity contribution in [2.75, 3.05) is 19.7 Å². The monoisotopic (exact) mass is 321 g/mol. The number of benzene rings is 2. The van der Waals surface area contributed by atoms with E-state index in [0.717, 1.165) is 24.3 Å². The number of carbonyl (C=O) groups excluding carboxylic acids is 1. The van der Waals surface area contributed by atoms with Crippen molar-refractivity contribution in [2.45, 2.75) is 19.8 Å². The molecular formula is C21H23NO2. The molecule has 0 unspecified atom stereocenters. The van der Waals surface area contributed by atoms with E-state index < -0.39 is 0 Å². The number of hydrogen-bond acceptors (Lipinski definition) is 2. The third-order valence-electron chi connectivity index (χ3n) is 4.30. The van der Waals surface area contributed by atoms with Crippen molar-refractivity contribution in [1.29, 1.82) is 0 Å². The van der Waals surface area contributed by atoms with Crippen LogP contribution in [-0.4, -0.2) is 30.5 Å². The lowest BCUT2D eigenvalue weighted by Crippen LogP contribution is -2.35. The average Bonchev–Trinajstić information content (AvgIpc) is 2.64. The van der Waals surface area contributed by atoms with Gasteiger partial charge in [0.05, 0.1) is 13.0 Å². The molecule has 3 heteroatoms. The van der Waals surface area contributed by atoms with Gasteiger partial charge in [-0.15, -0.1) is 0 Å². The Morgan fingerprint density at radius 3 is 2.46 bits per heavy atom. The average molecular weight is 321 g/mol. The van der Waals surface area contributed by atoms with Gasteiger partial charge >= 0.3 is 0 Å². The van der Waals surface area contributed by atoms with Gasteiger partial charge in [0.25, 0.3) is 0 Å². The van der Waals surface area contributed by atoms with Crippen molar-refractivity contribution in [1.82, 2.24) is 4.90 Å².